The summed E-state index contributed by atoms with van der Waals surface area (Å²) >= 11 is 5.72. The molecule has 1 heterocycles. The highest BCUT2D eigenvalue weighted by Crippen LogP contribution is 2.19. The Kier molecular flexibility index (Phi) is 2.75. The van der Waals surface area contributed by atoms with E-state index in [1.165, 1.54) is 36.1 Å². The minimum atomic E-state index is -0.559. The second kappa shape index (κ2) is 4.06. The second-order valence-corrected chi connectivity index (χ2v) is 3.73. The van der Waals surface area contributed by atoms with Gasteiger partial charge in [0.1, 0.15) is 5.82 Å². The molecule has 0 amide bonds. The number of aromatic nitrogens is 2. The van der Waals surface area contributed by atoms with E-state index in [1.807, 2.05) is 0 Å². The van der Waals surface area contributed by atoms with Crippen molar-refractivity contribution in [2.24, 2.45) is 0 Å². The summed E-state index contributed by atoms with van der Waals surface area (Å²) in [6.45, 7) is 1.31. The minimum Gasteiger partial charge on any atom is -0.294 e. The molecule has 1 aromatic carbocycles. The van der Waals surface area contributed by atoms with E-state index in [-0.39, 0.29) is 11.3 Å². The highest BCUT2D eigenvalue weighted by Gasteiger charge is 2.14. The van der Waals surface area contributed by atoms with Gasteiger partial charge in [0.05, 0.1) is 22.5 Å². The van der Waals surface area contributed by atoms with Gasteiger partial charge < -0.3 is 0 Å². The van der Waals surface area contributed by atoms with E-state index in [4.69, 9.17) is 11.6 Å². The van der Waals surface area contributed by atoms with Crippen molar-refractivity contribution in [2.45, 2.75) is 6.92 Å². The first kappa shape index (κ1) is 10.8. The van der Waals surface area contributed by atoms with Gasteiger partial charge in [0.15, 0.2) is 5.78 Å². The maximum absolute atomic E-state index is 13.5. The van der Waals surface area contributed by atoms with Crippen molar-refractivity contribution < 1.29 is 9.18 Å². The molecule has 0 spiro atoms. The quantitative estimate of drug-likeness (QED) is 0.754. The lowest BCUT2D eigenvalue weighted by atomic mass is 10.1. The highest BCUT2D eigenvalue weighted by atomic mass is 35.5. The first-order valence-corrected chi connectivity index (χ1v) is 4.97. The molecular formula is C11H8ClFN2O. The molecule has 16 heavy (non-hydrogen) atoms. The minimum absolute atomic E-state index is 0.0160. The van der Waals surface area contributed by atoms with Gasteiger partial charge in [-0.15, -0.1) is 0 Å². The summed E-state index contributed by atoms with van der Waals surface area (Å²) in [5.74, 6) is -0.906. The molecule has 2 aromatic rings. The van der Waals surface area contributed by atoms with Gasteiger partial charge in [-0.1, -0.05) is 17.7 Å². The maximum Gasteiger partial charge on any atom is 0.164 e. The Hall–Kier alpha value is -1.68. The molecule has 0 aliphatic heterocycles. The predicted octanol–water partition coefficient (Wildman–Crippen LogP) is 2.87. The van der Waals surface area contributed by atoms with Crippen LogP contribution in [0, 0.1) is 5.82 Å². The molecular weight excluding hydrogens is 231 g/mol. The molecule has 82 valence electrons. The molecule has 0 N–H and O–H groups in total. The number of hydrogen-bond donors (Lipinski definition) is 0. The van der Waals surface area contributed by atoms with Gasteiger partial charge in [-0.25, -0.2) is 9.07 Å². The van der Waals surface area contributed by atoms with Gasteiger partial charge in [-0.2, -0.15) is 5.10 Å². The third-order valence-electron chi connectivity index (χ3n) is 2.14. The first-order chi connectivity index (χ1) is 7.59. The van der Waals surface area contributed by atoms with Gasteiger partial charge in [0.25, 0.3) is 0 Å². The van der Waals surface area contributed by atoms with Crippen LogP contribution in [0.3, 0.4) is 0 Å². The Morgan fingerprint density at radius 2 is 2.25 bits per heavy atom. The van der Waals surface area contributed by atoms with Crippen LogP contribution in [0.5, 0.6) is 0 Å². The van der Waals surface area contributed by atoms with Crippen LogP contribution < -0.4 is 0 Å². The van der Waals surface area contributed by atoms with E-state index >= 15 is 0 Å². The number of nitrogens with zero attached hydrogens (tertiary/aromatic N) is 2. The monoisotopic (exact) mass is 238 g/mol. The van der Waals surface area contributed by atoms with Gasteiger partial charge in [0.2, 0.25) is 0 Å². The first-order valence-electron chi connectivity index (χ1n) is 4.59. The Balaban J connectivity index is 2.65. The Labute approximate surface area is 96.5 Å². The summed E-state index contributed by atoms with van der Waals surface area (Å²) in [7, 11) is 0. The van der Waals surface area contributed by atoms with Crippen LogP contribution in [0.1, 0.15) is 17.3 Å². The zero-order valence-electron chi connectivity index (χ0n) is 8.45. The van der Waals surface area contributed by atoms with Crippen LogP contribution in [0.25, 0.3) is 5.69 Å². The molecule has 0 saturated carbocycles. The van der Waals surface area contributed by atoms with E-state index in [1.54, 1.807) is 6.07 Å². The fraction of sp³-hybridized carbons (Fsp3) is 0.0909. The number of benzene rings is 1. The fourth-order valence-corrected chi connectivity index (χ4v) is 1.62. The van der Waals surface area contributed by atoms with Crippen molar-refractivity contribution in [2.75, 3.05) is 0 Å². The molecule has 0 saturated heterocycles. The molecule has 0 aliphatic carbocycles. The second-order valence-electron chi connectivity index (χ2n) is 3.29. The molecule has 5 heteroatoms. The number of ketones is 1. The van der Waals surface area contributed by atoms with Gasteiger partial charge in [-0.05, 0) is 19.1 Å². The summed E-state index contributed by atoms with van der Waals surface area (Å²) in [5.41, 5.74) is 0.404. The summed E-state index contributed by atoms with van der Waals surface area (Å²) in [6.07, 6.45) is 2.94. The van der Waals surface area contributed by atoms with Crippen LogP contribution in [-0.2, 0) is 0 Å². The SMILES string of the molecule is CC(=O)c1c(F)cccc1-n1cc(Cl)cn1. The largest absolute Gasteiger partial charge is 0.294 e. The maximum atomic E-state index is 13.5. The lowest BCUT2D eigenvalue weighted by Gasteiger charge is -2.07. The molecule has 3 nitrogen and oxygen atoms in total. The summed E-state index contributed by atoms with van der Waals surface area (Å²) in [4.78, 5) is 11.4. The molecule has 0 atom stereocenters. The van der Waals surface area contributed by atoms with E-state index in [9.17, 15) is 9.18 Å². The zero-order valence-corrected chi connectivity index (χ0v) is 9.20. The average Bonchev–Trinajstić information content (AvgIpc) is 2.63. The third kappa shape index (κ3) is 1.84. The summed E-state index contributed by atoms with van der Waals surface area (Å²) in [5, 5.41) is 4.37. The van der Waals surface area contributed by atoms with E-state index in [2.05, 4.69) is 5.10 Å². The lowest BCUT2D eigenvalue weighted by Crippen LogP contribution is -2.06. The number of carbonyl (C=O) groups excluding carboxylic acids is 1. The van der Waals surface area contributed by atoms with Crippen LogP contribution in [0.4, 0.5) is 4.39 Å². The van der Waals surface area contributed by atoms with Gasteiger partial charge >= 0.3 is 0 Å². The Morgan fingerprint density at radius 1 is 1.50 bits per heavy atom. The number of carbonyl (C=O) groups is 1. The number of rotatable bonds is 2. The van der Waals surface area contributed by atoms with Crippen molar-refractivity contribution in [3.63, 3.8) is 0 Å². The Bertz CT molecular complexity index is 551. The van der Waals surface area contributed by atoms with E-state index in [0.717, 1.165) is 0 Å². The highest BCUT2D eigenvalue weighted by molar-refractivity contribution is 6.30. The number of Topliss-reactive ketones (excluding diaryl/α,β-unsaturated/α-hetero) is 1. The van der Waals surface area contributed by atoms with Crippen molar-refractivity contribution >= 4 is 17.4 Å². The lowest BCUT2D eigenvalue weighted by molar-refractivity contribution is 0.101. The molecule has 1 aromatic heterocycles. The van der Waals surface area contributed by atoms with Crippen LogP contribution >= 0.6 is 11.6 Å². The van der Waals surface area contributed by atoms with Crippen LogP contribution in [0.2, 0.25) is 5.02 Å². The van der Waals surface area contributed by atoms with Gasteiger partial charge in [-0.3, -0.25) is 4.79 Å². The molecule has 0 bridgehead atoms. The molecule has 2 rings (SSSR count). The predicted molar refractivity (Wildman–Crippen MR) is 58.5 cm³/mol. The Morgan fingerprint density at radius 3 is 2.81 bits per heavy atom. The van der Waals surface area contributed by atoms with Crippen LogP contribution in [-0.4, -0.2) is 15.6 Å². The summed E-state index contributed by atoms with van der Waals surface area (Å²) in [6, 6.07) is 4.38. The molecule has 0 fully saturated rings. The third-order valence-corrected chi connectivity index (χ3v) is 2.34. The van der Waals surface area contributed by atoms with Crippen molar-refractivity contribution in [3.8, 4) is 5.69 Å². The fourth-order valence-electron chi connectivity index (χ4n) is 1.48. The number of halogens is 2. The van der Waals surface area contributed by atoms with Crippen molar-refractivity contribution in [1.29, 1.82) is 0 Å². The van der Waals surface area contributed by atoms with Gasteiger partial charge in [0, 0.05) is 6.20 Å². The number of hydrogen-bond acceptors (Lipinski definition) is 2. The average molecular weight is 239 g/mol. The summed E-state index contributed by atoms with van der Waals surface area (Å²) < 4.78 is 14.9. The smallest absolute Gasteiger partial charge is 0.164 e. The zero-order chi connectivity index (χ0) is 11.7. The van der Waals surface area contributed by atoms with E-state index in [0.29, 0.717) is 10.7 Å². The van der Waals surface area contributed by atoms with Crippen molar-refractivity contribution in [3.05, 3.63) is 47.0 Å². The molecule has 0 unspecified atom stereocenters. The molecule has 0 radical (unpaired) electrons. The standard InChI is InChI=1S/C11H8ClFN2O/c1-7(16)11-9(13)3-2-4-10(11)15-6-8(12)5-14-15/h2-6H,1H3. The topological polar surface area (TPSA) is 34.9 Å². The van der Waals surface area contributed by atoms with Crippen molar-refractivity contribution in [1.82, 2.24) is 9.78 Å². The molecule has 0 aliphatic rings. The van der Waals surface area contributed by atoms with Crippen LogP contribution in [0.15, 0.2) is 30.6 Å². The normalized spacial score (nSPS) is 10.4. The van der Waals surface area contributed by atoms with E-state index < -0.39 is 5.82 Å².